The highest BCUT2D eigenvalue weighted by Gasteiger charge is 2.30. The molecule has 0 amide bonds. The second kappa shape index (κ2) is 5.44. The van der Waals surface area contributed by atoms with Crippen molar-refractivity contribution in [3.63, 3.8) is 0 Å². The summed E-state index contributed by atoms with van der Waals surface area (Å²) in [5, 5.41) is 7.24. The Labute approximate surface area is 120 Å². The summed E-state index contributed by atoms with van der Waals surface area (Å²) in [5.74, 6) is 0.878. The maximum Gasteiger partial charge on any atom is 0.417 e. The van der Waals surface area contributed by atoms with Gasteiger partial charge in [-0.05, 0) is 32.9 Å². The Balaban J connectivity index is 2.21. The molecule has 0 unspecified atom stereocenters. The van der Waals surface area contributed by atoms with E-state index in [0.717, 1.165) is 12.3 Å². The van der Waals surface area contributed by atoms with Crippen LogP contribution in [-0.2, 0) is 12.7 Å². The fourth-order valence-electron chi connectivity index (χ4n) is 1.60. The zero-order chi connectivity index (χ0) is 15.7. The molecule has 5 nitrogen and oxygen atoms in total. The molecule has 0 aliphatic carbocycles. The highest BCUT2D eigenvalue weighted by Crippen LogP contribution is 2.28. The molecule has 2 rings (SSSR count). The van der Waals surface area contributed by atoms with Crippen LogP contribution in [0.5, 0.6) is 0 Å². The summed E-state index contributed by atoms with van der Waals surface area (Å²) in [7, 11) is 0. The van der Waals surface area contributed by atoms with E-state index in [9.17, 15) is 13.2 Å². The lowest BCUT2D eigenvalue weighted by molar-refractivity contribution is -0.137. The van der Waals surface area contributed by atoms with Crippen LogP contribution in [0.2, 0.25) is 0 Å². The lowest BCUT2D eigenvalue weighted by Gasteiger charge is -2.20. The van der Waals surface area contributed by atoms with Crippen molar-refractivity contribution in [1.82, 2.24) is 25.1 Å². The van der Waals surface area contributed by atoms with Gasteiger partial charge in [0.05, 0.1) is 12.1 Å². The van der Waals surface area contributed by atoms with E-state index < -0.39 is 11.7 Å². The molecule has 2 aromatic rings. The van der Waals surface area contributed by atoms with Crippen molar-refractivity contribution in [2.24, 2.45) is 0 Å². The van der Waals surface area contributed by atoms with E-state index in [1.807, 2.05) is 20.8 Å². The molecule has 0 saturated carbocycles. The Morgan fingerprint density at radius 1 is 1.14 bits per heavy atom. The van der Waals surface area contributed by atoms with Gasteiger partial charge in [0.15, 0.2) is 5.82 Å². The minimum Gasteiger partial charge on any atom is -0.305 e. The quantitative estimate of drug-likeness (QED) is 0.946. The third kappa shape index (κ3) is 4.01. The van der Waals surface area contributed by atoms with Crippen molar-refractivity contribution in [3.8, 4) is 5.82 Å². The first kappa shape index (κ1) is 15.4. The number of hydrogen-bond donors (Lipinski definition) is 1. The normalized spacial score (nSPS) is 12.7. The third-order valence-electron chi connectivity index (χ3n) is 2.69. The van der Waals surface area contributed by atoms with E-state index in [2.05, 4.69) is 20.4 Å². The van der Waals surface area contributed by atoms with Gasteiger partial charge in [-0.1, -0.05) is 0 Å². The van der Waals surface area contributed by atoms with Crippen LogP contribution in [0.1, 0.15) is 32.2 Å². The molecule has 0 bridgehead atoms. The molecule has 0 aliphatic rings. The molecule has 0 fully saturated rings. The minimum atomic E-state index is -4.40. The summed E-state index contributed by atoms with van der Waals surface area (Å²) in [6, 6.07) is 2.25. The standard InChI is InChI=1S/C13H16F3N5/c1-12(2,3)19-7-11-18-8-20-21(11)10-5-4-9(6-17-10)13(14,15)16/h4-6,8,19H,7H2,1-3H3. The van der Waals surface area contributed by atoms with Gasteiger partial charge in [0.2, 0.25) is 0 Å². The molecule has 0 radical (unpaired) electrons. The van der Waals surface area contributed by atoms with Gasteiger partial charge < -0.3 is 5.32 Å². The van der Waals surface area contributed by atoms with Crippen molar-refractivity contribution in [2.45, 2.75) is 39.0 Å². The molecular formula is C13H16F3N5. The largest absolute Gasteiger partial charge is 0.417 e. The van der Waals surface area contributed by atoms with Crippen molar-refractivity contribution in [2.75, 3.05) is 0 Å². The number of nitrogens with one attached hydrogen (secondary N) is 1. The Hall–Kier alpha value is -1.96. The number of hydrogen-bond acceptors (Lipinski definition) is 4. The van der Waals surface area contributed by atoms with Crippen molar-refractivity contribution < 1.29 is 13.2 Å². The second-order valence-electron chi connectivity index (χ2n) is 5.59. The summed E-state index contributed by atoms with van der Waals surface area (Å²) in [6.07, 6.45) is -2.26. The van der Waals surface area contributed by atoms with Crippen molar-refractivity contribution in [3.05, 3.63) is 36.0 Å². The average Bonchev–Trinajstić information content (AvgIpc) is 2.83. The molecule has 0 atom stereocenters. The van der Waals surface area contributed by atoms with Gasteiger partial charge in [-0.3, -0.25) is 0 Å². The first-order chi connectivity index (χ1) is 9.67. The number of pyridine rings is 1. The Bertz CT molecular complexity index is 596. The highest BCUT2D eigenvalue weighted by atomic mass is 19.4. The van der Waals surface area contributed by atoms with Crippen LogP contribution in [0, 0.1) is 0 Å². The van der Waals surface area contributed by atoms with Crippen LogP contribution in [0.4, 0.5) is 13.2 Å². The smallest absolute Gasteiger partial charge is 0.305 e. The topological polar surface area (TPSA) is 55.6 Å². The highest BCUT2D eigenvalue weighted by molar-refractivity contribution is 5.26. The number of alkyl halides is 3. The van der Waals surface area contributed by atoms with Crippen LogP contribution in [0.15, 0.2) is 24.7 Å². The Kier molecular flexibility index (Phi) is 3.99. The van der Waals surface area contributed by atoms with Gasteiger partial charge in [-0.2, -0.15) is 23.0 Å². The molecule has 1 N–H and O–H groups in total. The molecule has 0 spiro atoms. The van der Waals surface area contributed by atoms with E-state index in [4.69, 9.17) is 0 Å². The van der Waals surface area contributed by atoms with Crippen molar-refractivity contribution >= 4 is 0 Å². The summed E-state index contributed by atoms with van der Waals surface area (Å²) >= 11 is 0. The van der Waals surface area contributed by atoms with E-state index in [1.54, 1.807) is 0 Å². The number of nitrogens with zero attached hydrogens (tertiary/aromatic N) is 4. The molecule has 0 aliphatic heterocycles. The maximum absolute atomic E-state index is 12.5. The predicted octanol–water partition coefficient (Wildman–Crippen LogP) is 2.57. The summed E-state index contributed by atoms with van der Waals surface area (Å²) in [5.41, 5.74) is -0.898. The lowest BCUT2D eigenvalue weighted by Crippen LogP contribution is -2.36. The van der Waals surface area contributed by atoms with Gasteiger partial charge in [0.25, 0.3) is 0 Å². The molecule has 0 saturated heterocycles. The van der Waals surface area contributed by atoms with E-state index >= 15 is 0 Å². The molecule has 8 heteroatoms. The first-order valence-electron chi connectivity index (χ1n) is 6.34. The predicted molar refractivity (Wildman–Crippen MR) is 70.7 cm³/mol. The SMILES string of the molecule is CC(C)(C)NCc1ncnn1-c1ccc(C(F)(F)F)cn1. The number of halogens is 3. The summed E-state index contributed by atoms with van der Waals surface area (Å²) in [6.45, 7) is 6.45. The minimum absolute atomic E-state index is 0.107. The molecule has 2 aromatic heterocycles. The number of rotatable bonds is 3. The zero-order valence-electron chi connectivity index (χ0n) is 11.9. The van der Waals surface area contributed by atoms with E-state index in [0.29, 0.717) is 18.2 Å². The van der Waals surface area contributed by atoms with Crippen LogP contribution >= 0.6 is 0 Å². The van der Waals surface area contributed by atoms with Crippen LogP contribution in [0.3, 0.4) is 0 Å². The van der Waals surface area contributed by atoms with Crippen LogP contribution in [-0.4, -0.2) is 25.3 Å². The third-order valence-corrected chi connectivity index (χ3v) is 2.69. The zero-order valence-corrected chi connectivity index (χ0v) is 11.9. The van der Waals surface area contributed by atoms with Gasteiger partial charge >= 0.3 is 6.18 Å². The fourth-order valence-corrected chi connectivity index (χ4v) is 1.60. The summed E-state index contributed by atoms with van der Waals surface area (Å²) in [4.78, 5) is 7.90. The fraction of sp³-hybridized carbons (Fsp3) is 0.462. The maximum atomic E-state index is 12.5. The van der Waals surface area contributed by atoms with E-state index in [1.165, 1.54) is 17.1 Å². The van der Waals surface area contributed by atoms with Crippen molar-refractivity contribution in [1.29, 1.82) is 0 Å². The Morgan fingerprint density at radius 3 is 2.38 bits per heavy atom. The molecule has 114 valence electrons. The van der Waals surface area contributed by atoms with Gasteiger partial charge in [0, 0.05) is 11.7 Å². The van der Waals surface area contributed by atoms with Gasteiger partial charge in [-0.15, -0.1) is 0 Å². The van der Waals surface area contributed by atoms with E-state index in [-0.39, 0.29) is 5.54 Å². The molecule has 0 aromatic carbocycles. The monoisotopic (exact) mass is 299 g/mol. The lowest BCUT2D eigenvalue weighted by atomic mass is 10.1. The van der Waals surface area contributed by atoms with Crippen LogP contribution in [0.25, 0.3) is 5.82 Å². The van der Waals surface area contributed by atoms with Gasteiger partial charge in [0.1, 0.15) is 12.2 Å². The second-order valence-corrected chi connectivity index (χ2v) is 5.59. The summed E-state index contributed by atoms with van der Waals surface area (Å²) < 4.78 is 38.9. The Morgan fingerprint density at radius 2 is 1.86 bits per heavy atom. The molecular weight excluding hydrogens is 283 g/mol. The molecule has 2 heterocycles. The first-order valence-corrected chi connectivity index (χ1v) is 6.34. The van der Waals surface area contributed by atoms with Gasteiger partial charge in [-0.25, -0.2) is 9.97 Å². The average molecular weight is 299 g/mol. The molecule has 21 heavy (non-hydrogen) atoms. The van der Waals surface area contributed by atoms with Crippen LogP contribution < -0.4 is 5.32 Å². The number of aromatic nitrogens is 4.